The highest BCUT2D eigenvalue weighted by Gasteiger charge is 2.42. The smallest absolute Gasteiger partial charge is 0.230 e. The fourth-order valence-electron chi connectivity index (χ4n) is 3.02. The van der Waals surface area contributed by atoms with Gasteiger partial charge in [-0.1, -0.05) is 43.5 Å². The molecule has 1 aromatic carbocycles. The molecule has 1 fully saturated rings. The van der Waals surface area contributed by atoms with Crippen molar-refractivity contribution in [2.75, 3.05) is 19.6 Å². The SMILES string of the molecule is CCNCCNC(=O)C1(c2cccc(Cl)c2)CCCC1. The number of halogens is 1. The van der Waals surface area contributed by atoms with E-state index in [4.69, 9.17) is 11.6 Å². The lowest BCUT2D eigenvalue weighted by molar-refractivity contribution is -0.126. The maximum Gasteiger partial charge on any atom is 0.230 e. The molecule has 1 aromatic rings. The molecule has 0 radical (unpaired) electrons. The zero-order chi connectivity index (χ0) is 14.4. The average Bonchev–Trinajstić information content (AvgIpc) is 2.94. The summed E-state index contributed by atoms with van der Waals surface area (Å²) in [5.74, 6) is 0.148. The van der Waals surface area contributed by atoms with E-state index < -0.39 is 0 Å². The second-order valence-electron chi connectivity index (χ2n) is 5.41. The first-order valence-corrected chi connectivity index (χ1v) is 7.82. The van der Waals surface area contributed by atoms with Crippen molar-refractivity contribution in [3.63, 3.8) is 0 Å². The van der Waals surface area contributed by atoms with Crippen molar-refractivity contribution < 1.29 is 4.79 Å². The number of nitrogens with one attached hydrogen (secondary N) is 2. The molecule has 0 aromatic heterocycles. The summed E-state index contributed by atoms with van der Waals surface area (Å²) < 4.78 is 0. The standard InChI is InChI=1S/C16H23ClN2O/c1-2-18-10-11-19-15(20)16(8-3-4-9-16)13-6-5-7-14(17)12-13/h5-7,12,18H,2-4,8-11H2,1H3,(H,19,20). The minimum Gasteiger partial charge on any atom is -0.354 e. The lowest BCUT2D eigenvalue weighted by Gasteiger charge is -2.28. The molecule has 110 valence electrons. The van der Waals surface area contributed by atoms with Gasteiger partial charge in [-0.05, 0) is 37.1 Å². The van der Waals surface area contributed by atoms with E-state index in [9.17, 15) is 4.79 Å². The minimum absolute atomic E-state index is 0.148. The molecular formula is C16H23ClN2O. The molecule has 1 amide bonds. The maximum atomic E-state index is 12.7. The lowest BCUT2D eigenvalue weighted by atomic mass is 9.78. The molecule has 0 unspecified atom stereocenters. The van der Waals surface area contributed by atoms with Gasteiger partial charge in [0.2, 0.25) is 5.91 Å². The van der Waals surface area contributed by atoms with Gasteiger partial charge in [-0.15, -0.1) is 0 Å². The quantitative estimate of drug-likeness (QED) is 0.792. The van der Waals surface area contributed by atoms with Crippen molar-refractivity contribution in [1.82, 2.24) is 10.6 Å². The first-order chi connectivity index (χ1) is 9.69. The van der Waals surface area contributed by atoms with Crippen LogP contribution in [0.15, 0.2) is 24.3 Å². The van der Waals surface area contributed by atoms with Crippen molar-refractivity contribution in [3.05, 3.63) is 34.9 Å². The van der Waals surface area contributed by atoms with Gasteiger partial charge in [0.15, 0.2) is 0 Å². The van der Waals surface area contributed by atoms with Gasteiger partial charge in [0.05, 0.1) is 5.41 Å². The Balaban J connectivity index is 2.11. The Morgan fingerprint density at radius 1 is 1.30 bits per heavy atom. The molecule has 3 nitrogen and oxygen atoms in total. The lowest BCUT2D eigenvalue weighted by Crippen LogP contribution is -2.44. The van der Waals surface area contributed by atoms with Crippen LogP contribution in [0.4, 0.5) is 0 Å². The first-order valence-electron chi connectivity index (χ1n) is 7.44. The highest BCUT2D eigenvalue weighted by atomic mass is 35.5. The van der Waals surface area contributed by atoms with Crippen LogP contribution in [0.25, 0.3) is 0 Å². The van der Waals surface area contributed by atoms with E-state index in [2.05, 4.69) is 17.6 Å². The van der Waals surface area contributed by atoms with E-state index >= 15 is 0 Å². The summed E-state index contributed by atoms with van der Waals surface area (Å²) in [5, 5.41) is 7.00. The number of carbonyl (C=O) groups excluding carboxylic acids is 1. The van der Waals surface area contributed by atoms with Crippen LogP contribution >= 0.6 is 11.6 Å². The van der Waals surface area contributed by atoms with E-state index in [1.165, 1.54) is 0 Å². The van der Waals surface area contributed by atoms with Crippen molar-refractivity contribution >= 4 is 17.5 Å². The normalized spacial score (nSPS) is 17.1. The van der Waals surface area contributed by atoms with Gasteiger partial charge in [0, 0.05) is 18.1 Å². The van der Waals surface area contributed by atoms with E-state index in [0.717, 1.165) is 44.3 Å². The van der Waals surface area contributed by atoms with Gasteiger partial charge in [0.25, 0.3) is 0 Å². The number of amides is 1. The van der Waals surface area contributed by atoms with Crippen LogP contribution in [-0.4, -0.2) is 25.5 Å². The summed E-state index contributed by atoms with van der Waals surface area (Å²) in [5.41, 5.74) is 0.681. The Hall–Kier alpha value is -1.06. The summed E-state index contributed by atoms with van der Waals surface area (Å²) in [4.78, 5) is 12.7. The predicted octanol–water partition coefficient (Wildman–Crippen LogP) is 2.88. The van der Waals surface area contributed by atoms with Gasteiger partial charge in [-0.2, -0.15) is 0 Å². The second kappa shape index (κ2) is 7.09. The molecule has 20 heavy (non-hydrogen) atoms. The zero-order valence-electron chi connectivity index (χ0n) is 12.0. The van der Waals surface area contributed by atoms with Crippen LogP contribution in [0, 0.1) is 0 Å². The first kappa shape index (κ1) is 15.3. The fourth-order valence-corrected chi connectivity index (χ4v) is 3.21. The van der Waals surface area contributed by atoms with Crippen molar-refractivity contribution in [2.24, 2.45) is 0 Å². The second-order valence-corrected chi connectivity index (χ2v) is 5.85. The monoisotopic (exact) mass is 294 g/mol. The van der Waals surface area contributed by atoms with Crippen molar-refractivity contribution in [3.8, 4) is 0 Å². The van der Waals surface area contributed by atoms with Crippen molar-refractivity contribution in [2.45, 2.75) is 38.0 Å². The molecule has 2 rings (SSSR count). The van der Waals surface area contributed by atoms with Crippen LogP contribution in [0.2, 0.25) is 5.02 Å². The Kier molecular flexibility index (Phi) is 5.44. The topological polar surface area (TPSA) is 41.1 Å². The average molecular weight is 295 g/mol. The molecule has 1 aliphatic rings. The fraction of sp³-hybridized carbons (Fsp3) is 0.562. The molecule has 2 N–H and O–H groups in total. The highest BCUT2D eigenvalue weighted by molar-refractivity contribution is 6.30. The molecule has 0 aliphatic heterocycles. The van der Waals surface area contributed by atoms with E-state index in [-0.39, 0.29) is 11.3 Å². The molecule has 0 atom stereocenters. The van der Waals surface area contributed by atoms with Gasteiger partial charge in [0.1, 0.15) is 0 Å². The largest absolute Gasteiger partial charge is 0.354 e. The molecule has 1 saturated carbocycles. The van der Waals surface area contributed by atoms with Crippen LogP contribution < -0.4 is 10.6 Å². The molecule has 0 saturated heterocycles. The zero-order valence-corrected chi connectivity index (χ0v) is 12.8. The molecule has 1 aliphatic carbocycles. The van der Waals surface area contributed by atoms with Crippen LogP contribution in [0.5, 0.6) is 0 Å². The summed E-state index contributed by atoms with van der Waals surface area (Å²) in [6.07, 6.45) is 4.04. The summed E-state index contributed by atoms with van der Waals surface area (Å²) in [7, 11) is 0. The Morgan fingerprint density at radius 2 is 2.05 bits per heavy atom. The van der Waals surface area contributed by atoms with Gasteiger partial charge < -0.3 is 10.6 Å². The molecule has 0 bridgehead atoms. The van der Waals surface area contributed by atoms with Gasteiger partial charge >= 0.3 is 0 Å². The van der Waals surface area contributed by atoms with E-state index in [0.29, 0.717) is 11.6 Å². The number of hydrogen-bond donors (Lipinski definition) is 2. The Labute approximate surface area is 126 Å². The number of benzene rings is 1. The van der Waals surface area contributed by atoms with Crippen LogP contribution in [0.3, 0.4) is 0 Å². The number of carbonyl (C=O) groups is 1. The third-order valence-corrected chi connectivity index (χ3v) is 4.34. The number of hydrogen-bond acceptors (Lipinski definition) is 2. The summed E-state index contributed by atoms with van der Waals surface area (Å²) >= 11 is 6.09. The molecular weight excluding hydrogens is 272 g/mol. The third-order valence-electron chi connectivity index (χ3n) is 4.11. The third kappa shape index (κ3) is 3.33. The Bertz CT molecular complexity index is 456. The number of likely N-dealkylation sites (N-methyl/N-ethyl adjacent to an activating group) is 1. The molecule has 0 heterocycles. The van der Waals surface area contributed by atoms with E-state index in [1.807, 2.05) is 24.3 Å². The van der Waals surface area contributed by atoms with Gasteiger partial charge in [-0.3, -0.25) is 4.79 Å². The highest BCUT2D eigenvalue weighted by Crippen LogP contribution is 2.41. The minimum atomic E-state index is -0.378. The van der Waals surface area contributed by atoms with E-state index in [1.54, 1.807) is 0 Å². The van der Waals surface area contributed by atoms with Crippen LogP contribution in [-0.2, 0) is 10.2 Å². The number of rotatable bonds is 6. The molecule has 4 heteroatoms. The van der Waals surface area contributed by atoms with Gasteiger partial charge in [-0.25, -0.2) is 0 Å². The summed E-state index contributed by atoms with van der Waals surface area (Å²) in [6, 6.07) is 7.76. The maximum absolute atomic E-state index is 12.7. The predicted molar refractivity (Wildman–Crippen MR) is 83.2 cm³/mol. The summed E-state index contributed by atoms with van der Waals surface area (Å²) in [6.45, 7) is 4.48. The Morgan fingerprint density at radius 3 is 2.70 bits per heavy atom. The van der Waals surface area contributed by atoms with Crippen molar-refractivity contribution in [1.29, 1.82) is 0 Å². The van der Waals surface area contributed by atoms with Crippen LogP contribution in [0.1, 0.15) is 38.2 Å². The molecule has 0 spiro atoms.